The average Bonchev–Trinajstić information content (AvgIpc) is 3.17. The fourth-order valence-electron chi connectivity index (χ4n) is 3.00. The van der Waals surface area contributed by atoms with Crippen LogP contribution in [0.1, 0.15) is 40.1 Å². The summed E-state index contributed by atoms with van der Waals surface area (Å²) >= 11 is 0. The number of hydrogen-bond acceptors (Lipinski definition) is 5. The normalized spacial score (nSPS) is 12.3. The Morgan fingerprint density at radius 1 is 1.12 bits per heavy atom. The molecule has 168 valence electrons. The van der Waals surface area contributed by atoms with Crippen molar-refractivity contribution in [3.63, 3.8) is 0 Å². The lowest BCUT2D eigenvalue weighted by molar-refractivity contribution is -0.138. The lowest BCUT2D eigenvalue weighted by atomic mass is 10.1. The Morgan fingerprint density at radius 2 is 1.81 bits per heavy atom. The molecule has 3 aromatic rings. The number of esters is 1. The van der Waals surface area contributed by atoms with E-state index in [2.05, 4.69) is 10.1 Å². The van der Waals surface area contributed by atoms with Crippen molar-refractivity contribution in [1.29, 1.82) is 0 Å². The molecule has 0 radical (unpaired) electrons. The minimum atomic E-state index is -4.50. The van der Waals surface area contributed by atoms with Gasteiger partial charge in [0.25, 0.3) is 5.91 Å². The van der Waals surface area contributed by atoms with Crippen molar-refractivity contribution < 1.29 is 27.5 Å². The summed E-state index contributed by atoms with van der Waals surface area (Å²) in [6.45, 7) is 2.95. The summed E-state index contributed by atoms with van der Waals surface area (Å²) in [5, 5.41) is 4.01. The molecule has 2 aromatic heterocycles. The summed E-state index contributed by atoms with van der Waals surface area (Å²) in [4.78, 5) is 30.1. The minimum absolute atomic E-state index is 0.0817. The number of carbonyl (C=O) groups is 2. The topological polar surface area (TPSA) is 77.3 Å². The number of rotatable bonds is 6. The second kappa shape index (κ2) is 9.21. The van der Waals surface area contributed by atoms with Gasteiger partial charge in [-0.25, -0.2) is 14.5 Å². The first-order valence-corrected chi connectivity index (χ1v) is 9.65. The first-order chi connectivity index (χ1) is 15.1. The van der Waals surface area contributed by atoms with Gasteiger partial charge in [-0.1, -0.05) is 30.3 Å². The highest BCUT2D eigenvalue weighted by atomic mass is 19.4. The fraction of sp³-hybridized carbons (Fsp3) is 0.273. The maximum Gasteiger partial charge on any atom is 0.417 e. The number of carbonyl (C=O) groups excluding carboxylic acids is 2. The smallest absolute Gasteiger partial charge is 0.417 e. The van der Waals surface area contributed by atoms with Crippen LogP contribution in [0, 0.1) is 6.92 Å². The molecule has 0 bridgehead atoms. The van der Waals surface area contributed by atoms with E-state index in [0.717, 1.165) is 17.7 Å². The molecule has 10 heteroatoms. The van der Waals surface area contributed by atoms with E-state index in [1.54, 1.807) is 14.0 Å². The van der Waals surface area contributed by atoms with Gasteiger partial charge in [-0.15, -0.1) is 0 Å². The summed E-state index contributed by atoms with van der Waals surface area (Å²) in [6, 6.07) is 11.2. The summed E-state index contributed by atoms with van der Waals surface area (Å²) in [5.74, 6) is -1.04. The molecule has 1 unspecified atom stereocenters. The third-order valence-corrected chi connectivity index (χ3v) is 5.10. The van der Waals surface area contributed by atoms with Crippen molar-refractivity contribution in [2.45, 2.75) is 26.1 Å². The average molecular weight is 446 g/mol. The van der Waals surface area contributed by atoms with Gasteiger partial charge in [0.2, 0.25) is 0 Å². The van der Waals surface area contributed by atoms with Crippen LogP contribution in [0.4, 0.5) is 13.2 Å². The summed E-state index contributed by atoms with van der Waals surface area (Å²) < 4.78 is 44.5. The van der Waals surface area contributed by atoms with Gasteiger partial charge >= 0.3 is 12.1 Å². The van der Waals surface area contributed by atoms with E-state index in [1.165, 1.54) is 15.8 Å². The molecular weight excluding hydrogens is 425 g/mol. The first kappa shape index (κ1) is 23.0. The molecule has 1 atom stereocenters. The monoisotopic (exact) mass is 446 g/mol. The standard InChI is InChI=1S/C22H21F3N4O3/c1-14(16-7-5-4-6-8-16)28(3)20(30)13-32-21(31)18-12-27-29(15(18)2)19-10-9-17(11-26-19)22(23,24)25/h4-12,14H,13H2,1-3H3. The zero-order valence-electron chi connectivity index (χ0n) is 17.6. The van der Waals surface area contributed by atoms with Gasteiger partial charge < -0.3 is 9.64 Å². The Kier molecular flexibility index (Phi) is 6.61. The highest BCUT2D eigenvalue weighted by Gasteiger charge is 2.31. The van der Waals surface area contributed by atoms with Crippen LogP contribution in [0.15, 0.2) is 54.9 Å². The maximum absolute atomic E-state index is 12.7. The van der Waals surface area contributed by atoms with Gasteiger partial charge in [0.05, 0.1) is 23.5 Å². The Balaban J connectivity index is 1.65. The van der Waals surface area contributed by atoms with Crippen molar-refractivity contribution in [3.05, 3.63) is 77.2 Å². The molecule has 0 fully saturated rings. The third kappa shape index (κ3) is 4.96. The third-order valence-electron chi connectivity index (χ3n) is 5.10. The van der Waals surface area contributed by atoms with Crippen LogP contribution in [-0.2, 0) is 15.7 Å². The van der Waals surface area contributed by atoms with Crippen molar-refractivity contribution in [1.82, 2.24) is 19.7 Å². The molecule has 0 N–H and O–H groups in total. The zero-order chi connectivity index (χ0) is 23.5. The van der Waals surface area contributed by atoms with Crippen molar-refractivity contribution in [2.75, 3.05) is 13.7 Å². The molecule has 0 saturated heterocycles. The number of benzene rings is 1. The van der Waals surface area contributed by atoms with Crippen LogP contribution in [0.3, 0.4) is 0 Å². The summed E-state index contributed by atoms with van der Waals surface area (Å²) in [6.07, 6.45) is -2.59. The molecule has 0 aliphatic carbocycles. The van der Waals surface area contributed by atoms with Crippen LogP contribution in [0.5, 0.6) is 0 Å². The van der Waals surface area contributed by atoms with Crippen molar-refractivity contribution in [3.8, 4) is 5.82 Å². The number of hydrogen-bond donors (Lipinski definition) is 0. The molecule has 3 rings (SSSR count). The number of halogens is 3. The molecule has 0 aliphatic heterocycles. The van der Waals surface area contributed by atoms with E-state index < -0.39 is 24.3 Å². The van der Waals surface area contributed by atoms with E-state index in [-0.39, 0.29) is 23.3 Å². The quantitative estimate of drug-likeness (QED) is 0.536. The Hall–Kier alpha value is -3.69. The maximum atomic E-state index is 12.7. The Bertz CT molecular complexity index is 1100. The molecule has 2 heterocycles. The molecule has 32 heavy (non-hydrogen) atoms. The number of likely N-dealkylation sites (N-methyl/N-ethyl adjacent to an activating group) is 1. The van der Waals surface area contributed by atoms with Crippen LogP contribution in [-0.4, -0.2) is 45.2 Å². The molecule has 0 spiro atoms. The molecule has 7 nitrogen and oxygen atoms in total. The fourth-order valence-corrected chi connectivity index (χ4v) is 3.00. The number of aromatic nitrogens is 3. The van der Waals surface area contributed by atoms with E-state index in [1.807, 2.05) is 37.3 Å². The number of amides is 1. The largest absolute Gasteiger partial charge is 0.452 e. The Labute approximate surface area is 182 Å². The van der Waals surface area contributed by atoms with Gasteiger partial charge in [-0.05, 0) is 31.5 Å². The minimum Gasteiger partial charge on any atom is -0.452 e. The lowest BCUT2D eigenvalue weighted by Crippen LogP contribution is -2.33. The summed E-state index contributed by atoms with van der Waals surface area (Å²) in [5.41, 5.74) is 0.452. The van der Waals surface area contributed by atoms with E-state index in [4.69, 9.17) is 4.74 Å². The predicted octanol–water partition coefficient (Wildman–Crippen LogP) is 3.97. The van der Waals surface area contributed by atoms with Crippen molar-refractivity contribution in [2.24, 2.45) is 0 Å². The van der Waals surface area contributed by atoms with Crippen LogP contribution < -0.4 is 0 Å². The second-order valence-corrected chi connectivity index (χ2v) is 7.13. The second-order valence-electron chi connectivity index (χ2n) is 7.13. The summed E-state index contributed by atoms with van der Waals surface area (Å²) in [7, 11) is 1.62. The van der Waals surface area contributed by atoms with Crippen molar-refractivity contribution >= 4 is 11.9 Å². The predicted molar refractivity (Wildman–Crippen MR) is 109 cm³/mol. The van der Waals surface area contributed by atoms with E-state index in [9.17, 15) is 22.8 Å². The molecule has 1 aromatic carbocycles. The lowest BCUT2D eigenvalue weighted by Gasteiger charge is -2.25. The van der Waals surface area contributed by atoms with Gasteiger partial charge in [0.15, 0.2) is 12.4 Å². The SMILES string of the molecule is Cc1c(C(=O)OCC(=O)N(C)C(C)c2ccccc2)cnn1-c1ccc(C(F)(F)F)cn1. The van der Waals surface area contributed by atoms with E-state index >= 15 is 0 Å². The molecule has 1 amide bonds. The van der Waals surface area contributed by atoms with Crippen LogP contribution in [0.25, 0.3) is 5.82 Å². The van der Waals surface area contributed by atoms with Crippen LogP contribution in [0.2, 0.25) is 0 Å². The molecule has 0 aliphatic rings. The van der Waals surface area contributed by atoms with Gasteiger partial charge in [-0.2, -0.15) is 18.3 Å². The van der Waals surface area contributed by atoms with Gasteiger partial charge in [0.1, 0.15) is 5.56 Å². The number of nitrogens with zero attached hydrogens (tertiary/aromatic N) is 4. The number of ether oxygens (including phenoxy) is 1. The number of alkyl halides is 3. The zero-order valence-corrected chi connectivity index (χ0v) is 17.6. The van der Waals surface area contributed by atoms with Crippen LogP contribution >= 0.6 is 0 Å². The highest BCUT2D eigenvalue weighted by Crippen LogP contribution is 2.29. The molecule has 0 saturated carbocycles. The molecular formula is C22H21F3N4O3. The van der Waals surface area contributed by atoms with E-state index in [0.29, 0.717) is 11.9 Å². The van der Waals surface area contributed by atoms with Gasteiger partial charge in [0, 0.05) is 13.2 Å². The highest BCUT2D eigenvalue weighted by molar-refractivity contribution is 5.92. The number of pyridine rings is 1. The Morgan fingerprint density at radius 3 is 2.41 bits per heavy atom. The first-order valence-electron chi connectivity index (χ1n) is 9.65. The van der Waals surface area contributed by atoms with Gasteiger partial charge in [-0.3, -0.25) is 4.79 Å².